The lowest BCUT2D eigenvalue weighted by molar-refractivity contribution is -0.121. The summed E-state index contributed by atoms with van der Waals surface area (Å²) in [5.41, 5.74) is 2.08. The lowest BCUT2D eigenvalue weighted by Crippen LogP contribution is -2.35. The van der Waals surface area contributed by atoms with E-state index in [1.165, 1.54) is 0 Å². The Morgan fingerprint density at radius 1 is 1.16 bits per heavy atom. The third-order valence-corrected chi connectivity index (χ3v) is 5.56. The minimum Gasteiger partial charge on any atom is -0.497 e. The van der Waals surface area contributed by atoms with Crippen LogP contribution in [0, 0.1) is 5.92 Å². The third-order valence-electron chi connectivity index (χ3n) is 5.56. The van der Waals surface area contributed by atoms with Crippen LogP contribution in [0.15, 0.2) is 48.5 Å². The molecule has 1 fully saturated rings. The molecule has 7 heteroatoms. The largest absolute Gasteiger partial charge is 0.497 e. The van der Waals surface area contributed by atoms with Crippen molar-refractivity contribution in [3.05, 3.63) is 59.7 Å². The Morgan fingerprint density at radius 2 is 1.97 bits per heavy atom. The van der Waals surface area contributed by atoms with E-state index in [0.29, 0.717) is 18.9 Å². The molecular formula is C24H30F2N2O3. The van der Waals surface area contributed by atoms with Gasteiger partial charge >= 0.3 is 6.61 Å². The molecule has 0 spiro atoms. The first kappa shape index (κ1) is 23.0. The molecule has 168 valence electrons. The molecule has 31 heavy (non-hydrogen) atoms. The first-order valence-electron chi connectivity index (χ1n) is 10.7. The number of amides is 1. The number of nitrogens with one attached hydrogen (secondary N) is 1. The average molecular weight is 433 g/mol. The molecule has 0 radical (unpaired) electrons. The molecule has 1 heterocycles. The Hall–Kier alpha value is -2.67. The molecular weight excluding hydrogens is 402 g/mol. The first-order chi connectivity index (χ1) is 15.0. The molecule has 0 aliphatic carbocycles. The van der Waals surface area contributed by atoms with Crippen LogP contribution in [0.25, 0.3) is 0 Å². The lowest BCUT2D eigenvalue weighted by atomic mass is 9.93. The second kappa shape index (κ2) is 11.6. The van der Waals surface area contributed by atoms with Gasteiger partial charge in [-0.05, 0) is 67.1 Å². The molecule has 1 amide bonds. The molecule has 2 aromatic carbocycles. The Kier molecular flexibility index (Phi) is 8.64. The van der Waals surface area contributed by atoms with Crippen LogP contribution in [0.1, 0.15) is 36.8 Å². The SMILES string of the molecule is COc1cccc(CNC(=O)CC[C@H]2CCCN(Cc3ccc(OC(F)F)cc3)C2)c1. The maximum Gasteiger partial charge on any atom is 0.387 e. The van der Waals surface area contributed by atoms with Crippen molar-refractivity contribution in [1.29, 1.82) is 0 Å². The summed E-state index contributed by atoms with van der Waals surface area (Å²) in [5, 5.41) is 2.99. The molecule has 1 aliphatic heterocycles. The van der Waals surface area contributed by atoms with E-state index >= 15 is 0 Å². The van der Waals surface area contributed by atoms with Gasteiger partial charge in [0.1, 0.15) is 11.5 Å². The molecule has 1 aliphatic rings. The van der Waals surface area contributed by atoms with E-state index in [-0.39, 0.29) is 11.7 Å². The molecule has 0 bridgehead atoms. The summed E-state index contributed by atoms with van der Waals surface area (Å²) in [4.78, 5) is 14.6. The van der Waals surface area contributed by atoms with E-state index in [2.05, 4.69) is 15.0 Å². The molecule has 1 N–H and O–H groups in total. The highest BCUT2D eigenvalue weighted by atomic mass is 19.3. The van der Waals surface area contributed by atoms with E-state index in [0.717, 1.165) is 55.8 Å². The fourth-order valence-corrected chi connectivity index (χ4v) is 3.97. The fourth-order valence-electron chi connectivity index (χ4n) is 3.97. The number of alkyl halides is 2. The minimum atomic E-state index is -2.80. The molecule has 1 saturated heterocycles. The standard InChI is InChI=1S/C24H30F2N2O3/c1-30-22-6-2-4-20(14-22)15-27-23(29)12-9-18-5-3-13-28(16-18)17-19-7-10-21(11-8-19)31-24(25)26/h2,4,6-8,10-11,14,18,24H,3,5,9,12-13,15-17H2,1H3,(H,27,29)/t18-/m1/s1. The zero-order valence-corrected chi connectivity index (χ0v) is 17.9. The molecule has 0 saturated carbocycles. The van der Waals surface area contributed by atoms with Gasteiger partial charge in [-0.2, -0.15) is 8.78 Å². The number of carbonyl (C=O) groups excluding carboxylic acids is 1. The fraction of sp³-hybridized carbons (Fsp3) is 0.458. The van der Waals surface area contributed by atoms with Gasteiger partial charge in [-0.25, -0.2) is 0 Å². The number of benzene rings is 2. The normalized spacial score (nSPS) is 16.8. The third kappa shape index (κ3) is 7.83. The van der Waals surface area contributed by atoms with Crippen LogP contribution in [-0.2, 0) is 17.9 Å². The highest BCUT2D eigenvalue weighted by molar-refractivity contribution is 5.75. The highest BCUT2D eigenvalue weighted by Gasteiger charge is 2.20. The number of ether oxygens (including phenoxy) is 2. The predicted molar refractivity (Wildman–Crippen MR) is 115 cm³/mol. The number of hydrogen-bond donors (Lipinski definition) is 1. The van der Waals surface area contributed by atoms with Crippen LogP contribution in [0.2, 0.25) is 0 Å². The maximum atomic E-state index is 12.3. The Morgan fingerprint density at radius 3 is 2.71 bits per heavy atom. The summed E-state index contributed by atoms with van der Waals surface area (Å²) in [6.07, 6.45) is 3.60. The van der Waals surface area contributed by atoms with Gasteiger partial charge in [0.15, 0.2) is 0 Å². The van der Waals surface area contributed by atoms with E-state index < -0.39 is 6.61 Å². The first-order valence-corrected chi connectivity index (χ1v) is 10.7. The molecule has 2 aromatic rings. The molecule has 3 rings (SSSR count). The summed E-state index contributed by atoms with van der Waals surface area (Å²) >= 11 is 0. The smallest absolute Gasteiger partial charge is 0.387 e. The number of likely N-dealkylation sites (tertiary alicyclic amines) is 1. The van der Waals surface area contributed by atoms with E-state index in [1.807, 2.05) is 36.4 Å². The molecule has 1 atom stereocenters. The lowest BCUT2D eigenvalue weighted by Gasteiger charge is -2.32. The summed E-state index contributed by atoms with van der Waals surface area (Å²) in [5.74, 6) is 1.51. The molecule has 0 aromatic heterocycles. The quantitative estimate of drug-likeness (QED) is 0.596. The van der Waals surface area contributed by atoms with Crippen molar-refractivity contribution in [2.75, 3.05) is 20.2 Å². The van der Waals surface area contributed by atoms with E-state index in [9.17, 15) is 13.6 Å². The van der Waals surface area contributed by atoms with Gasteiger partial charge in [-0.1, -0.05) is 24.3 Å². The second-order valence-corrected chi connectivity index (χ2v) is 7.93. The Labute approximate surface area is 182 Å². The molecule has 5 nitrogen and oxygen atoms in total. The zero-order valence-electron chi connectivity index (χ0n) is 17.9. The number of halogens is 2. The van der Waals surface area contributed by atoms with E-state index in [1.54, 1.807) is 19.2 Å². The summed E-state index contributed by atoms with van der Waals surface area (Å²) < 4.78 is 34.1. The van der Waals surface area contributed by atoms with Crippen molar-refractivity contribution in [2.45, 2.75) is 45.4 Å². The van der Waals surface area contributed by atoms with Crippen LogP contribution >= 0.6 is 0 Å². The van der Waals surface area contributed by atoms with Crippen LogP contribution < -0.4 is 14.8 Å². The summed E-state index contributed by atoms with van der Waals surface area (Å²) in [7, 11) is 1.63. The maximum absolute atomic E-state index is 12.3. The minimum absolute atomic E-state index is 0.0644. The molecule has 0 unspecified atom stereocenters. The zero-order chi connectivity index (χ0) is 22.1. The Balaban J connectivity index is 1.39. The number of carbonyl (C=O) groups is 1. The van der Waals surface area contributed by atoms with Crippen LogP contribution in [0.4, 0.5) is 8.78 Å². The van der Waals surface area contributed by atoms with Gasteiger partial charge in [-0.15, -0.1) is 0 Å². The van der Waals surface area contributed by atoms with Gasteiger partial charge in [0.2, 0.25) is 5.91 Å². The van der Waals surface area contributed by atoms with E-state index in [4.69, 9.17) is 4.74 Å². The van der Waals surface area contributed by atoms with Gasteiger partial charge in [0.05, 0.1) is 7.11 Å². The van der Waals surface area contributed by atoms with Crippen LogP contribution in [0.3, 0.4) is 0 Å². The van der Waals surface area contributed by atoms with Crippen molar-refractivity contribution < 1.29 is 23.0 Å². The van der Waals surface area contributed by atoms with Crippen LogP contribution in [0.5, 0.6) is 11.5 Å². The number of piperidine rings is 1. The highest BCUT2D eigenvalue weighted by Crippen LogP contribution is 2.23. The number of hydrogen-bond acceptors (Lipinski definition) is 4. The number of rotatable bonds is 10. The summed E-state index contributed by atoms with van der Waals surface area (Å²) in [6.45, 7) is 0.416. The Bertz CT molecular complexity index is 830. The van der Waals surface area contributed by atoms with Crippen molar-refractivity contribution in [2.24, 2.45) is 5.92 Å². The average Bonchev–Trinajstić information content (AvgIpc) is 2.78. The van der Waals surface area contributed by atoms with Gasteiger partial charge in [-0.3, -0.25) is 9.69 Å². The second-order valence-electron chi connectivity index (χ2n) is 7.93. The monoisotopic (exact) mass is 432 g/mol. The van der Waals surface area contributed by atoms with Crippen molar-refractivity contribution in [1.82, 2.24) is 10.2 Å². The van der Waals surface area contributed by atoms with Crippen molar-refractivity contribution >= 4 is 5.91 Å². The van der Waals surface area contributed by atoms with Gasteiger partial charge < -0.3 is 14.8 Å². The van der Waals surface area contributed by atoms with Gasteiger partial charge in [0, 0.05) is 26.1 Å². The predicted octanol–water partition coefficient (Wildman–Crippen LogP) is 4.61. The van der Waals surface area contributed by atoms with Crippen molar-refractivity contribution in [3.8, 4) is 11.5 Å². The summed E-state index contributed by atoms with van der Waals surface area (Å²) in [6, 6.07) is 14.5. The number of nitrogens with zero attached hydrogens (tertiary/aromatic N) is 1. The van der Waals surface area contributed by atoms with Crippen molar-refractivity contribution in [3.63, 3.8) is 0 Å². The topological polar surface area (TPSA) is 50.8 Å². The van der Waals surface area contributed by atoms with Crippen LogP contribution in [-0.4, -0.2) is 37.6 Å². The van der Waals surface area contributed by atoms with Gasteiger partial charge in [0.25, 0.3) is 0 Å². The number of methoxy groups -OCH3 is 1.